The highest BCUT2D eigenvalue weighted by molar-refractivity contribution is 5.71. The van der Waals surface area contributed by atoms with Crippen LogP contribution in [0.5, 0.6) is 0 Å². The van der Waals surface area contributed by atoms with Crippen LogP contribution in [0.25, 0.3) is 22.3 Å². The summed E-state index contributed by atoms with van der Waals surface area (Å²) in [6.07, 6.45) is 0. The van der Waals surface area contributed by atoms with E-state index in [1.54, 1.807) is 0 Å². The molecule has 4 aromatic carbocycles. The maximum absolute atomic E-state index is 2.21. The van der Waals surface area contributed by atoms with Gasteiger partial charge in [0.1, 0.15) is 0 Å². The molecule has 0 aliphatic carbocycles. The van der Waals surface area contributed by atoms with E-state index in [0.717, 1.165) is 0 Å². The molecular formula is C25H21N. The maximum atomic E-state index is 2.21. The Bertz CT molecular complexity index is 873. The molecule has 1 nitrogen and oxygen atoms in total. The van der Waals surface area contributed by atoms with Crippen LogP contribution >= 0.6 is 0 Å². The zero-order chi connectivity index (χ0) is 17.8. The highest BCUT2D eigenvalue weighted by Crippen LogP contribution is 2.29. The van der Waals surface area contributed by atoms with Gasteiger partial charge in [-0.25, -0.2) is 0 Å². The highest BCUT2D eigenvalue weighted by atomic mass is 15.1. The molecule has 0 aliphatic heterocycles. The van der Waals surface area contributed by atoms with E-state index in [2.05, 4.69) is 109 Å². The molecule has 0 saturated heterocycles. The van der Waals surface area contributed by atoms with E-state index < -0.39 is 0 Å². The standard InChI is InChI=1S/C25H21N/c1-26(24-16-12-22(13-17-24)20-8-4-2-5-9-20)25-18-14-23(15-19-25)21-10-6-3-7-11-21/h2-19H,1H3. The largest absolute Gasteiger partial charge is 0.345 e. The zero-order valence-electron chi connectivity index (χ0n) is 14.8. The smallest absolute Gasteiger partial charge is 0.0408 e. The minimum atomic E-state index is 1.18. The molecule has 0 aromatic heterocycles. The van der Waals surface area contributed by atoms with Crippen LogP contribution < -0.4 is 4.90 Å². The molecule has 0 aliphatic rings. The molecule has 4 aromatic rings. The van der Waals surface area contributed by atoms with Gasteiger partial charge in [-0.15, -0.1) is 0 Å². The quantitative estimate of drug-likeness (QED) is 0.397. The Morgan fingerprint density at radius 3 is 1.04 bits per heavy atom. The van der Waals surface area contributed by atoms with Crippen LogP contribution in [0.2, 0.25) is 0 Å². The monoisotopic (exact) mass is 335 g/mol. The number of anilines is 2. The number of nitrogens with zero attached hydrogens (tertiary/aromatic N) is 1. The van der Waals surface area contributed by atoms with Crippen molar-refractivity contribution >= 4 is 11.4 Å². The Hall–Kier alpha value is -3.32. The van der Waals surface area contributed by atoms with Gasteiger partial charge >= 0.3 is 0 Å². The van der Waals surface area contributed by atoms with Crippen LogP contribution in [0.15, 0.2) is 109 Å². The Morgan fingerprint density at radius 1 is 0.385 bits per heavy atom. The highest BCUT2D eigenvalue weighted by Gasteiger charge is 2.05. The number of rotatable bonds is 4. The lowest BCUT2D eigenvalue weighted by Gasteiger charge is -2.20. The van der Waals surface area contributed by atoms with Crippen molar-refractivity contribution in [1.82, 2.24) is 0 Å². The Labute approximate surface area is 155 Å². The van der Waals surface area contributed by atoms with Crippen LogP contribution in [0.3, 0.4) is 0 Å². The Kier molecular flexibility index (Phi) is 4.53. The summed E-state index contributed by atoms with van der Waals surface area (Å²) < 4.78 is 0. The first-order valence-electron chi connectivity index (χ1n) is 8.86. The molecule has 4 rings (SSSR count). The normalized spacial score (nSPS) is 10.5. The summed E-state index contributed by atoms with van der Waals surface area (Å²) >= 11 is 0. The fraction of sp³-hybridized carbons (Fsp3) is 0.0400. The number of benzene rings is 4. The SMILES string of the molecule is CN(c1ccc(-c2ccccc2)cc1)c1ccc(-c2ccccc2)cc1. The van der Waals surface area contributed by atoms with E-state index in [1.807, 2.05) is 12.1 Å². The van der Waals surface area contributed by atoms with Crippen LogP contribution in [0.4, 0.5) is 11.4 Å². The molecule has 1 heteroatoms. The third-order valence-electron chi connectivity index (χ3n) is 4.72. The topological polar surface area (TPSA) is 3.24 Å². The first kappa shape index (κ1) is 16.2. The summed E-state index contributed by atoms with van der Waals surface area (Å²) in [4.78, 5) is 2.21. The molecule has 0 fully saturated rings. The van der Waals surface area contributed by atoms with Gasteiger partial charge in [0.15, 0.2) is 0 Å². The van der Waals surface area contributed by atoms with Gasteiger partial charge in [-0.3, -0.25) is 0 Å². The number of hydrogen-bond donors (Lipinski definition) is 0. The molecule has 0 amide bonds. The summed E-state index contributed by atoms with van der Waals surface area (Å²) in [6, 6.07) is 38.4. The van der Waals surface area contributed by atoms with Crippen molar-refractivity contribution in [1.29, 1.82) is 0 Å². The van der Waals surface area contributed by atoms with Crippen molar-refractivity contribution in [3.05, 3.63) is 109 Å². The molecule has 0 radical (unpaired) electrons. The zero-order valence-corrected chi connectivity index (χ0v) is 14.8. The second kappa shape index (κ2) is 7.28. The second-order valence-electron chi connectivity index (χ2n) is 6.38. The van der Waals surface area contributed by atoms with Crippen molar-refractivity contribution in [3.8, 4) is 22.3 Å². The third-order valence-corrected chi connectivity index (χ3v) is 4.72. The van der Waals surface area contributed by atoms with Crippen LogP contribution in [0.1, 0.15) is 0 Å². The van der Waals surface area contributed by atoms with Crippen molar-refractivity contribution in [2.24, 2.45) is 0 Å². The van der Waals surface area contributed by atoms with Crippen molar-refractivity contribution in [2.45, 2.75) is 0 Å². The van der Waals surface area contributed by atoms with E-state index in [-0.39, 0.29) is 0 Å². The molecular weight excluding hydrogens is 314 g/mol. The molecule has 126 valence electrons. The summed E-state index contributed by atoms with van der Waals surface area (Å²) in [5.41, 5.74) is 7.32. The Morgan fingerprint density at radius 2 is 0.692 bits per heavy atom. The van der Waals surface area contributed by atoms with Gasteiger partial charge in [-0.05, 0) is 46.5 Å². The van der Waals surface area contributed by atoms with Crippen LogP contribution in [0, 0.1) is 0 Å². The Balaban J connectivity index is 1.55. The van der Waals surface area contributed by atoms with E-state index in [4.69, 9.17) is 0 Å². The van der Waals surface area contributed by atoms with Crippen molar-refractivity contribution < 1.29 is 0 Å². The lowest BCUT2D eigenvalue weighted by atomic mass is 10.0. The molecule has 0 spiro atoms. The van der Waals surface area contributed by atoms with Crippen molar-refractivity contribution in [2.75, 3.05) is 11.9 Å². The first-order valence-corrected chi connectivity index (χ1v) is 8.86. The van der Waals surface area contributed by atoms with Gasteiger partial charge in [0.05, 0.1) is 0 Å². The van der Waals surface area contributed by atoms with Crippen molar-refractivity contribution in [3.63, 3.8) is 0 Å². The van der Waals surface area contributed by atoms with E-state index in [0.29, 0.717) is 0 Å². The summed E-state index contributed by atoms with van der Waals surface area (Å²) in [5, 5.41) is 0. The van der Waals surface area contributed by atoms with E-state index in [9.17, 15) is 0 Å². The molecule has 0 N–H and O–H groups in total. The summed E-state index contributed by atoms with van der Waals surface area (Å²) in [7, 11) is 2.11. The third kappa shape index (κ3) is 3.38. The second-order valence-corrected chi connectivity index (χ2v) is 6.38. The molecule has 0 atom stereocenters. The summed E-state index contributed by atoms with van der Waals surface area (Å²) in [5.74, 6) is 0. The predicted molar refractivity (Wildman–Crippen MR) is 112 cm³/mol. The average Bonchev–Trinajstić information content (AvgIpc) is 2.75. The fourth-order valence-electron chi connectivity index (χ4n) is 3.17. The van der Waals surface area contributed by atoms with E-state index in [1.165, 1.54) is 33.6 Å². The fourth-order valence-corrected chi connectivity index (χ4v) is 3.17. The lowest BCUT2D eigenvalue weighted by Crippen LogP contribution is -2.08. The minimum absolute atomic E-state index is 1.18. The minimum Gasteiger partial charge on any atom is -0.345 e. The molecule has 26 heavy (non-hydrogen) atoms. The molecule has 0 unspecified atom stereocenters. The van der Waals surface area contributed by atoms with Gasteiger partial charge in [-0.2, -0.15) is 0 Å². The van der Waals surface area contributed by atoms with Gasteiger partial charge < -0.3 is 4.90 Å². The van der Waals surface area contributed by atoms with Gasteiger partial charge in [-0.1, -0.05) is 84.9 Å². The molecule has 0 bridgehead atoms. The first-order chi connectivity index (χ1) is 12.8. The molecule has 0 saturated carbocycles. The van der Waals surface area contributed by atoms with Gasteiger partial charge in [0.2, 0.25) is 0 Å². The predicted octanol–water partition coefficient (Wildman–Crippen LogP) is 6.79. The van der Waals surface area contributed by atoms with E-state index >= 15 is 0 Å². The van der Waals surface area contributed by atoms with Crippen LogP contribution in [-0.2, 0) is 0 Å². The van der Waals surface area contributed by atoms with Gasteiger partial charge in [0, 0.05) is 18.4 Å². The summed E-state index contributed by atoms with van der Waals surface area (Å²) in [6.45, 7) is 0. The number of hydrogen-bond acceptors (Lipinski definition) is 1. The van der Waals surface area contributed by atoms with Crippen LogP contribution in [-0.4, -0.2) is 7.05 Å². The maximum Gasteiger partial charge on any atom is 0.0408 e. The van der Waals surface area contributed by atoms with Gasteiger partial charge in [0.25, 0.3) is 0 Å². The molecule has 0 heterocycles. The average molecular weight is 335 g/mol. The lowest BCUT2D eigenvalue weighted by molar-refractivity contribution is 1.21.